The van der Waals surface area contributed by atoms with E-state index in [9.17, 15) is 9.50 Å². The third kappa shape index (κ3) is 3.95. The van der Waals surface area contributed by atoms with Gasteiger partial charge in [-0.05, 0) is 49.3 Å². The summed E-state index contributed by atoms with van der Waals surface area (Å²) in [7, 11) is 0. The van der Waals surface area contributed by atoms with E-state index < -0.39 is 6.10 Å². The van der Waals surface area contributed by atoms with E-state index in [1.54, 1.807) is 12.1 Å². The molecule has 134 valence electrons. The maximum absolute atomic E-state index is 13.0. The van der Waals surface area contributed by atoms with Crippen LogP contribution >= 0.6 is 0 Å². The minimum atomic E-state index is -0.560. The first-order chi connectivity index (χ1) is 12.1. The molecule has 1 aliphatic rings. The Hall–Kier alpha value is -2.08. The predicted octanol–water partition coefficient (Wildman–Crippen LogP) is 3.09. The fourth-order valence-corrected chi connectivity index (χ4v) is 3.41. The lowest BCUT2D eigenvalue weighted by Crippen LogP contribution is -2.37. The van der Waals surface area contributed by atoms with Crippen LogP contribution in [0, 0.1) is 11.7 Å². The monoisotopic (exact) mass is 344 g/mol. The van der Waals surface area contributed by atoms with Crippen LogP contribution < -0.4 is 4.90 Å². The second-order valence-electron chi connectivity index (χ2n) is 6.53. The number of aliphatic hydroxyl groups is 1. The number of nitrogens with zero attached hydrogens (tertiary/aromatic N) is 4. The molecule has 1 aromatic heterocycles. The third-order valence-corrected chi connectivity index (χ3v) is 4.98. The molecule has 5 nitrogen and oxygen atoms in total. The molecule has 1 saturated heterocycles. The Morgan fingerprint density at radius 2 is 1.72 bits per heavy atom. The number of hydrogen-bond acceptors (Lipinski definition) is 5. The van der Waals surface area contributed by atoms with Gasteiger partial charge in [-0.3, -0.25) is 0 Å². The van der Waals surface area contributed by atoms with Crippen molar-refractivity contribution >= 4 is 5.95 Å². The maximum Gasteiger partial charge on any atom is 0.245 e. The van der Waals surface area contributed by atoms with Crippen LogP contribution in [-0.2, 0) is 12.8 Å². The molecular weight excluding hydrogens is 319 g/mol. The third-order valence-electron chi connectivity index (χ3n) is 4.98. The Bertz CT molecular complexity index is 699. The Balaban J connectivity index is 1.64. The molecule has 6 heteroatoms. The number of hydrogen-bond donors (Lipinski definition) is 1. The van der Waals surface area contributed by atoms with Gasteiger partial charge in [-0.1, -0.05) is 26.0 Å². The molecule has 0 aliphatic carbocycles. The molecule has 2 heterocycles. The van der Waals surface area contributed by atoms with Crippen LogP contribution in [0.5, 0.6) is 0 Å². The number of anilines is 1. The van der Waals surface area contributed by atoms with Crippen LogP contribution in [0.4, 0.5) is 10.3 Å². The molecule has 1 N–H and O–H groups in total. The van der Waals surface area contributed by atoms with Crippen molar-refractivity contribution in [3.63, 3.8) is 0 Å². The van der Waals surface area contributed by atoms with Gasteiger partial charge in [0.05, 0.1) is 17.5 Å². The zero-order chi connectivity index (χ0) is 17.8. The molecule has 0 saturated carbocycles. The van der Waals surface area contributed by atoms with Gasteiger partial charge in [0.2, 0.25) is 5.95 Å². The van der Waals surface area contributed by atoms with Crippen LogP contribution in [0.1, 0.15) is 49.7 Å². The van der Waals surface area contributed by atoms with Crippen molar-refractivity contribution in [2.75, 3.05) is 18.0 Å². The molecule has 3 rings (SSSR count). The zero-order valence-electron chi connectivity index (χ0n) is 14.8. The summed E-state index contributed by atoms with van der Waals surface area (Å²) in [6, 6.07) is 6.12. The van der Waals surface area contributed by atoms with Gasteiger partial charge >= 0.3 is 0 Å². The molecule has 0 bridgehead atoms. The zero-order valence-corrected chi connectivity index (χ0v) is 14.8. The number of aromatic nitrogens is 3. The van der Waals surface area contributed by atoms with E-state index >= 15 is 0 Å². The molecule has 1 unspecified atom stereocenters. The molecule has 1 aliphatic heterocycles. The average Bonchev–Trinajstić information content (AvgIpc) is 2.67. The van der Waals surface area contributed by atoms with Gasteiger partial charge in [-0.2, -0.15) is 5.10 Å². The van der Waals surface area contributed by atoms with Crippen molar-refractivity contribution in [3.05, 3.63) is 47.0 Å². The molecule has 2 aromatic rings. The maximum atomic E-state index is 13.0. The molecule has 1 atom stereocenters. The Labute approximate surface area is 147 Å². The largest absolute Gasteiger partial charge is 0.388 e. The summed E-state index contributed by atoms with van der Waals surface area (Å²) in [5.41, 5.74) is 2.76. The van der Waals surface area contributed by atoms with Crippen LogP contribution in [-0.4, -0.2) is 33.4 Å². The first-order valence-electron chi connectivity index (χ1n) is 9.03. The highest BCUT2D eigenvalue weighted by molar-refractivity contribution is 5.31. The van der Waals surface area contributed by atoms with E-state index in [1.165, 1.54) is 12.1 Å². The number of aliphatic hydroxyl groups excluding tert-OH is 1. The summed E-state index contributed by atoms with van der Waals surface area (Å²) in [5, 5.41) is 19.2. The first-order valence-corrected chi connectivity index (χ1v) is 9.03. The Kier molecular flexibility index (Phi) is 5.58. The standard InChI is InChI=1S/C19H25FN4O/c1-3-16-17(4-2)22-23-19(21-16)24-11-9-14(10-12-24)18(25)13-5-7-15(20)8-6-13/h5-8,14,18,25H,3-4,9-12H2,1-2H3. The van der Waals surface area contributed by atoms with Crippen molar-refractivity contribution in [1.29, 1.82) is 0 Å². The van der Waals surface area contributed by atoms with E-state index in [4.69, 9.17) is 0 Å². The highest BCUT2D eigenvalue weighted by atomic mass is 19.1. The normalized spacial score (nSPS) is 16.9. The van der Waals surface area contributed by atoms with Gasteiger partial charge in [-0.15, -0.1) is 5.10 Å². The van der Waals surface area contributed by atoms with Crippen LogP contribution in [0.3, 0.4) is 0 Å². The molecule has 0 radical (unpaired) electrons. The van der Waals surface area contributed by atoms with E-state index in [1.807, 2.05) is 0 Å². The topological polar surface area (TPSA) is 62.1 Å². The minimum absolute atomic E-state index is 0.162. The number of rotatable bonds is 5. The highest BCUT2D eigenvalue weighted by Gasteiger charge is 2.27. The van der Waals surface area contributed by atoms with E-state index in [-0.39, 0.29) is 11.7 Å². The lowest BCUT2D eigenvalue weighted by Gasteiger charge is -2.34. The fourth-order valence-electron chi connectivity index (χ4n) is 3.41. The van der Waals surface area contributed by atoms with Gasteiger partial charge < -0.3 is 10.0 Å². The quantitative estimate of drug-likeness (QED) is 0.903. The van der Waals surface area contributed by atoms with Crippen molar-refractivity contribution < 1.29 is 9.50 Å². The van der Waals surface area contributed by atoms with Crippen molar-refractivity contribution in [2.45, 2.75) is 45.6 Å². The van der Waals surface area contributed by atoms with E-state index in [0.29, 0.717) is 5.95 Å². The second-order valence-corrected chi connectivity index (χ2v) is 6.53. The predicted molar refractivity (Wildman–Crippen MR) is 94.9 cm³/mol. The average molecular weight is 344 g/mol. The lowest BCUT2D eigenvalue weighted by atomic mass is 9.87. The van der Waals surface area contributed by atoms with Crippen molar-refractivity contribution in [2.24, 2.45) is 5.92 Å². The van der Waals surface area contributed by atoms with Gasteiger partial charge in [0.1, 0.15) is 5.82 Å². The second kappa shape index (κ2) is 7.87. The molecule has 0 spiro atoms. The highest BCUT2D eigenvalue weighted by Crippen LogP contribution is 2.31. The number of halogens is 1. The summed E-state index contributed by atoms with van der Waals surface area (Å²) in [6.07, 6.45) is 2.83. The summed E-state index contributed by atoms with van der Waals surface area (Å²) < 4.78 is 13.0. The minimum Gasteiger partial charge on any atom is -0.388 e. The van der Waals surface area contributed by atoms with Gasteiger partial charge in [0.25, 0.3) is 0 Å². The molecular formula is C19H25FN4O. The summed E-state index contributed by atoms with van der Waals surface area (Å²) >= 11 is 0. The van der Waals surface area contributed by atoms with Crippen LogP contribution in [0.2, 0.25) is 0 Å². The number of benzene rings is 1. The molecule has 25 heavy (non-hydrogen) atoms. The number of aryl methyl sites for hydroxylation is 2. The van der Waals surface area contributed by atoms with E-state index in [0.717, 1.165) is 55.7 Å². The summed E-state index contributed by atoms with van der Waals surface area (Å²) in [6.45, 7) is 5.73. The number of piperidine rings is 1. The fraction of sp³-hybridized carbons (Fsp3) is 0.526. The molecule has 1 aromatic carbocycles. The summed E-state index contributed by atoms with van der Waals surface area (Å²) in [5.74, 6) is 0.566. The van der Waals surface area contributed by atoms with Crippen LogP contribution in [0.25, 0.3) is 0 Å². The first kappa shape index (κ1) is 17.7. The van der Waals surface area contributed by atoms with Gasteiger partial charge in [0, 0.05) is 13.1 Å². The SMILES string of the molecule is CCc1nnc(N2CCC(C(O)c3ccc(F)cc3)CC2)nc1CC. The summed E-state index contributed by atoms with van der Waals surface area (Å²) in [4.78, 5) is 6.81. The lowest BCUT2D eigenvalue weighted by molar-refractivity contribution is 0.0927. The Morgan fingerprint density at radius 1 is 1.08 bits per heavy atom. The Morgan fingerprint density at radius 3 is 2.32 bits per heavy atom. The molecule has 0 amide bonds. The van der Waals surface area contributed by atoms with Crippen LogP contribution in [0.15, 0.2) is 24.3 Å². The molecule has 1 fully saturated rings. The van der Waals surface area contributed by atoms with Gasteiger partial charge in [-0.25, -0.2) is 9.37 Å². The van der Waals surface area contributed by atoms with Crippen molar-refractivity contribution in [3.8, 4) is 0 Å². The van der Waals surface area contributed by atoms with Gasteiger partial charge in [0.15, 0.2) is 0 Å². The van der Waals surface area contributed by atoms with Crippen molar-refractivity contribution in [1.82, 2.24) is 15.2 Å². The smallest absolute Gasteiger partial charge is 0.245 e. The van der Waals surface area contributed by atoms with E-state index in [2.05, 4.69) is 33.9 Å².